The van der Waals surface area contributed by atoms with Crippen LogP contribution >= 0.6 is 0 Å². The summed E-state index contributed by atoms with van der Waals surface area (Å²) in [4.78, 5) is 18.4. The molecule has 0 aliphatic carbocycles. The standard InChI is InChI=1S/C21H35N5O2/c1-21(2,3)18(28-5)15-24-19(22-4)23-14-16-9-8-10-17(13-16)25-20(27)26-11-6-7-12-26/h8-10,13,18H,6-7,11-12,14-15H2,1-5H3,(H,25,27)(H2,22,23,24). The summed E-state index contributed by atoms with van der Waals surface area (Å²) >= 11 is 0. The van der Waals surface area contributed by atoms with Crippen molar-refractivity contribution in [1.82, 2.24) is 15.5 Å². The van der Waals surface area contributed by atoms with Crippen molar-refractivity contribution < 1.29 is 9.53 Å². The number of anilines is 1. The number of hydrogen-bond donors (Lipinski definition) is 3. The summed E-state index contributed by atoms with van der Waals surface area (Å²) < 4.78 is 5.58. The fraction of sp³-hybridized carbons (Fsp3) is 0.619. The number of ether oxygens (including phenoxy) is 1. The minimum absolute atomic E-state index is 0.0205. The summed E-state index contributed by atoms with van der Waals surface area (Å²) in [5, 5.41) is 9.62. The van der Waals surface area contributed by atoms with E-state index in [0.717, 1.165) is 43.1 Å². The van der Waals surface area contributed by atoms with E-state index in [1.165, 1.54) is 0 Å². The number of nitrogens with zero attached hydrogens (tertiary/aromatic N) is 2. The Bertz CT molecular complexity index is 663. The van der Waals surface area contributed by atoms with Gasteiger partial charge in [0.2, 0.25) is 0 Å². The van der Waals surface area contributed by atoms with Gasteiger partial charge < -0.3 is 25.6 Å². The second-order valence-corrected chi connectivity index (χ2v) is 8.22. The minimum Gasteiger partial charge on any atom is -0.379 e. The third kappa shape index (κ3) is 6.71. The second-order valence-electron chi connectivity index (χ2n) is 8.22. The molecule has 28 heavy (non-hydrogen) atoms. The van der Waals surface area contributed by atoms with Gasteiger partial charge >= 0.3 is 6.03 Å². The normalized spacial score (nSPS) is 16.0. The van der Waals surface area contributed by atoms with Crippen LogP contribution in [-0.4, -0.2) is 56.8 Å². The number of aliphatic imine (C=N–C) groups is 1. The quantitative estimate of drug-likeness (QED) is 0.516. The van der Waals surface area contributed by atoms with Crippen LogP contribution < -0.4 is 16.0 Å². The molecule has 0 saturated carbocycles. The van der Waals surface area contributed by atoms with Crippen LogP contribution in [0.25, 0.3) is 0 Å². The molecule has 1 saturated heterocycles. The average Bonchev–Trinajstić information content (AvgIpc) is 3.19. The van der Waals surface area contributed by atoms with E-state index in [1.54, 1.807) is 14.2 Å². The number of rotatable bonds is 6. The molecule has 3 N–H and O–H groups in total. The molecule has 1 heterocycles. The van der Waals surface area contributed by atoms with E-state index in [2.05, 4.69) is 41.7 Å². The highest BCUT2D eigenvalue weighted by molar-refractivity contribution is 5.89. The molecule has 2 rings (SSSR count). The molecular formula is C21H35N5O2. The zero-order valence-corrected chi connectivity index (χ0v) is 17.8. The molecule has 1 atom stereocenters. The molecule has 2 amide bonds. The number of amides is 2. The van der Waals surface area contributed by atoms with Crippen molar-refractivity contribution in [3.05, 3.63) is 29.8 Å². The van der Waals surface area contributed by atoms with Crippen molar-refractivity contribution in [2.45, 2.75) is 46.3 Å². The van der Waals surface area contributed by atoms with Crippen LogP contribution in [0.1, 0.15) is 39.2 Å². The van der Waals surface area contributed by atoms with Crippen LogP contribution in [0.4, 0.5) is 10.5 Å². The molecule has 0 aromatic heterocycles. The Balaban J connectivity index is 1.86. The lowest BCUT2D eigenvalue weighted by Crippen LogP contribution is -2.45. The molecule has 156 valence electrons. The number of nitrogens with one attached hydrogen (secondary N) is 3. The predicted octanol–water partition coefficient (Wildman–Crippen LogP) is 3.04. The number of guanidine groups is 1. The van der Waals surface area contributed by atoms with Crippen molar-refractivity contribution in [2.75, 3.05) is 39.1 Å². The number of hydrogen-bond acceptors (Lipinski definition) is 3. The monoisotopic (exact) mass is 389 g/mol. The first kappa shape index (κ1) is 22.0. The van der Waals surface area contributed by atoms with Gasteiger partial charge in [-0.05, 0) is 36.0 Å². The average molecular weight is 390 g/mol. The zero-order chi connectivity index (χ0) is 20.6. The molecule has 7 nitrogen and oxygen atoms in total. The van der Waals surface area contributed by atoms with Gasteiger partial charge in [-0.2, -0.15) is 0 Å². The molecule has 1 fully saturated rings. The Morgan fingerprint density at radius 1 is 1.25 bits per heavy atom. The van der Waals surface area contributed by atoms with E-state index in [1.807, 2.05) is 29.2 Å². The maximum atomic E-state index is 12.3. The second kappa shape index (κ2) is 10.3. The number of benzene rings is 1. The molecule has 1 aliphatic heterocycles. The molecule has 0 spiro atoms. The van der Waals surface area contributed by atoms with Crippen molar-refractivity contribution in [3.63, 3.8) is 0 Å². The van der Waals surface area contributed by atoms with Gasteiger partial charge in [-0.3, -0.25) is 4.99 Å². The largest absolute Gasteiger partial charge is 0.379 e. The Kier molecular flexibility index (Phi) is 8.11. The highest BCUT2D eigenvalue weighted by Crippen LogP contribution is 2.21. The van der Waals surface area contributed by atoms with E-state index in [0.29, 0.717) is 13.1 Å². The van der Waals surface area contributed by atoms with E-state index in [-0.39, 0.29) is 17.6 Å². The van der Waals surface area contributed by atoms with Crippen molar-refractivity contribution >= 4 is 17.7 Å². The first-order valence-corrected chi connectivity index (χ1v) is 9.95. The van der Waals surface area contributed by atoms with Crippen LogP contribution in [0.5, 0.6) is 0 Å². The Morgan fingerprint density at radius 3 is 2.57 bits per heavy atom. The van der Waals surface area contributed by atoms with Crippen LogP contribution in [0.15, 0.2) is 29.3 Å². The summed E-state index contributed by atoms with van der Waals surface area (Å²) in [5.41, 5.74) is 1.93. The highest BCUT2D eigenvalue weighted by Gasteiger charge is 2.24. The van der Waals surface area contributed by atoms with Crippen molar-refractivity contribution in [2.24, 2.45) is 10.4 Å². The third-order valence-corrected chi connectivity index (χ3v) is 4.96. The van der Waals surface area contributed by atoms with Gasteiger partial charge in [-0.1, -0.05) is 32.9 Å². The van der Waals surface area contributed by atoms with Gasteiger partial charge in [-0.15, -0.1) is 0 Å². The first-order chi connectivity index (χ1) is 13.3. The maximum absolute atomic E-state index is 12.3. The fourth-order valence-corrected chi connectivity index (χ4v) is 3.22. The van der Waals surface area contributed by atoms with Crippen LogP contribution in [-0.2, 0) is 11.3 Å². The lowest BCUT2D eigenvalue weighted by molar-refractivity contribution is 0.0205. The Morgan fingerprint density at radius 2 is 1.96 bits per heavy atom. The number of carbonyl (C=O) groups excluding carboxylic acids is 1. The lowest BCUT2D eigenvalue weighted by Gasteiger charge is -2.30. The summed E-state index contributed by atoms with van der Waals surface area (Å²) in [6.45, 7) is 9.42. The van der Waals surface area contributed by atoms with Crippen molar-refractivity contribution in [3.8, 4) is 0 Å². The lowest BCUT2D eigenvalue weighted by atomic mass is 9.89. The maximum Gasteiger partial charge on any atom is 0.321 e. The third-order valence-electron chi connectivity index (χ3n) is 4.96. The number of urea groups is 1. The number of carbonyl (C=O) groups is 1. The van der Waals surface area contributed by atoms with Gasteiger partial charge in [0, 0.05) is 46.0 Å². The molecule has 1 aromatic rings. The SMILES string of the molecule is CN=C(NCc1cccc(NC(=O)N2CCCC2)c1)NCC(OC)C(C)(C)C. The Labute approximate surface area is 168 Å². The van der Waals surface area contributed by atoms with Crippen LogP contribution in [0.3, 0.4) is 0 Å². The first-order valence-electron chi connectivity index (χ1n) is 9.95. The molecule has 1 aromatic carbocycles. The van der Waals surface area contributed by atoms with Gasteiger partial charge in [-0.25, -0.2) is 4.79 Å². The predicted molar refractivity (Wildman–Crippen MR) is 115 cm³/mol. The Hall–Kier alpha value is -2.28. The molecule has 0 bridgehead atoms. The van der Waals surface area contributed by atoms with Crippen LogP contribution in [0.2, 0.25) is 0 Å². The molecular weight excluding hydrogens is 354 g/mol. The molecule has 7 heteroatoms. The van der Waals surface area contributed by atoms with E-state index >= 15 is 0 Å². The van der Waals surface area contributed by atoms with Crippen LogP contribution in [0, 0.1) is 5.41 Å². The van der Waals surface area contributed by atoms with Gasteiger partial charge in [0.25, 0.3) is 0 Å². The smallest absolute Gasteiger partial charge is 0.321 e. The van der Waals surface area contributed by atoms with Gasteiger partial charge in [0.15, 0.2) is 5.96 Å². The van der Waals surface area contributed by atoms with Crippen molar-refractivity contribution in [1.29, 1.82) is 0 Å². The summed E-state index contributed by atoms with van der Waals surface area (Å²) in [6.07, 6.45) is 2.25. The number of methoxy groups -OCH3 is 1. The molecule has 0 radical (unpaired) electrons. The number of likely N-dealkylation sites (tertiary alicyclic amines) is 1. The highest BCUT2D eigenvalue weighted by atomic mass is 16.5. The van der Waals surface area contributed by atoms with Gasteiger partial charge in [0.05, 0.1) is 6.10 Å². The molecule has 1 unspecified atom stereocenters. The molecule has 1 aliphatic rings. The minimum atomic E-state index is -0.0205. The van der Waals surface area contributed by atoms with E-state index in [9.17, 15) is 4.79 Å². The summed E-state index contributed by atoms with van der Waals surface area (Å²) in [7, 11) is 3.48. The van der Waals surface area contributed by atoms with E-state index in [4.69, 9.17) is 4.74 Å². The van der Waals surface area contributed by atoms with E-state index < -0.39 is 0 Å². The topological polar surface area (TPSA) is 78.0 Å². The summed E-state index contributed by atoms with van der Waals surface area (Å²) in [6, 6.07) is 7.86. The summed E-state index contributed by atoms with van der Waals surface area (Å²) in [5.74, 6) is 0.720. The fourth-order valence-electron chi connectivity index (χ4n) is 3.22. The van der Waals surface area contributed by atoms with Gasteiger partial charge in [0.1, 0.15) is 0 Å². The zero-order valence-electron chi connectivity index (χ0n) is 17.8.